The summed E-state index contributed by atoms with van der Waals surface area (Å²) in [4.78, 5) is 0. The second-order valence-electron chi connectivity index (χ2n) is 4.11. The number of hydrogen-bond donors (Lipinski definition) is 1. The molecule has 4 nitrogen and oxygen atoms in total. The van der Waals surface area contributed by atoms with Gasteiger partial charge in [-0.3, -0.25) is 0 Å². The molecule has 0 aromatic heterocycles. The summed E-state index contributed by atoms with van der Waals surface area (Å²) in [6.45, 7) is 3.60. The van der Waals surface area contributed by atoms with Crippen LogP contribution in [0.1, 0.15) is 19.3 Å². The Balaban J connectivity index is 1.83. The fourth-order valence-electron chi connectivity index (χ4n) is 2.22. The lowest BCUT2D eigenvalue weighted by molar-refractivity contribution is -0.132. The molecule has 4 heteroatoms. The Morgan fingerprint density at radius 2 is 2.36 bits per heavy atom. The van der Waals surface area contributed by atoms with Crippen LogP contribution >= 0.6 is 0 Å². The Kier molecular flexibility index (Phi) is 3.38. The molecule has 0 aromatic carbocycles. The molecule has 82 valence electrons. The van der Waals surface area contributed by atoms with Crippen LogP contribution in [0.2, 0.25) is 0 Å². The zero-order valence-corrected chi connectivity index (χ0v) is 8.54. The van der Waals surface area contributed by atoms with Crippen LogP contribution in [0, 0.1) is 0 Å². The lowest BCUT2D eigenvalue weighted by atomic mass is 9.91. The summed E-state index contributed by atoms with van der Waals surface area (Å²) in [6, 6.07) is 0. The summed E-state index contributed by atoms with van der Waals surface area (Å²) in [5.74, 6) is 0. The first kappa shape index (κ1) is 10.4. The third kappa shape index (κ3) is 2.25. The molecule has 1 spiro atoms. The predicted molar refractivity (Wildman–Crippen MR) is 52.1 cm³/mol. The van der Waals surface area contributed by atoms with Gasteiger partial charge in [-0.15, -0.1) is 0 Å². The molecule has 2 atom stereocenters. The van der Waals surface area contributed by atoms with Gasteiger partial charge in [0.1, 0.15) is 0 Å². The van der Waals surface area contributed by atoms with Gasteiger partial charge in [-0.25, -0.2) is 0 Å². The van der Waals surface area contributed by atoms with Crippen LogP contribution < -0.4 is 5.73 Å². The van der Waals surface area contributed by atoms with E-state index in [2.05, 4.69) is 0 Å². The van der Waals surface area contributed by atoms with Crippen LogP contribution in [0.25, 0.3) is 0 Å². The molecular formula is C10H19NO3. The van der Waals surface area contributed by atoms with Gasteiger partial charge in [0.25, 0.3) is 0 Å². The lowest BCUT2D eigenvalue weighted by Gasteiger charge is -2.36. The quantitative estimate of drug-likeness (QED) is 0.713. The average molecular weight is 201 g/mol. The molecule has 0 aliphatic carbocycles. The normalized spacial score (nSPS) is 37.9. The van der Waals surface area contributed by atoms with Gasteiger partial charge in [0.15, 0.2) is 0 Å². The molecular weight excluding hydrogens is 182 g/mol. The largest absolute Gasteiger partial charge is 0.378 e. The minimum atomic E-state index is -0.0441. The van der Waals surface area contributed by atoms with Crippen LogP contribution in [0.4, 0.5) is 0 Å². The standard InChI is InChI=1S/C10H19NO3/c11-3-6-13-9-1-4-14-10(7-9)2-5-12-8-10/h9H,1-8,11H2. The van der Waals surface area contributed by atoms with Crippen LogP contribution in [0.3, 0.4) is 0 Å². The number of rotatable bonds is 3. The topological polar surface area (TPSA) is 53.7 Å². The van der Waals surface area contributed by atoms with Crippen molar-refractivity contribution in [1.29, 1.82) is 0 Å². The Labute approximate surface area is 84.7 Å². The van der Waals surface area contributed by atoms with E-state index in [1.54, 1.807) is 0 Å². The SMILES string of the molecule is NCCOC1CCOC2(CCOC2)C1. The van der Waals surface area contributed by atoms with E-state index in [1.807, 2.05) is 0 Å². The second kappa shape index (κ2) is 4.57. The minimum absolute atomic E-state index is 0.0441. The van der Waals surface area contributed by atoms with Gasteiger partial charge in [-0.2, -0.15) is 0 Å². The summed E-state index contributed by atoms with van der Waals surface area (Å²) < 4.78 is 16.8. The lowest BCUT2D eigenvalue weighted by Crippen LogP contribution is -2.43. The fraction of sp³-hybridized carbons (Fsp3) is 1.00. The van der Waals surface area contributed by atoms with Gasteiger partial charge in [0.2, 0.25) is 0 Å². The van der Waals surface area contributed by atoms with Crippen molar-refractivity contribution in [2.45, 2.75) is 31.0 Å². The highest BCUT2D eigenvalue weighted by Crippen LogP contribution is 2.33. The smallest absolute Gasteiger partial charge is 0.0961 e. The number of nitrogens with two attached hydrogens (primary N) is 1. The van der Waals surface area contributed by atoms with E-state index in [0.29, 0.717) is 19.3 Å². The molecule has 0 bridgehead atoms. The molecule has 2 unspecified atom stereocenters. The first-order valence-electron chi connectivity index (χ1n) is 5.38. The van der Waals surface area contributed by atoms with Gasteiger partial charge < -0.3 is 19.9 Å². The van der Waals surface area contributed by atoms with Crippen molar-refractivity contribution in [3.63, 3.8) is 0 Å². The Hall–Kier alpha value is -0.160. The van der Waals surface area contributed by atoms with Crippen LogP contribution in [0.5, 0.6) is 0 Å². The fourth-order valence-corrected chi connectivity index (χ4v) is 2.22. The minimum Gasteiger partial charge on any atom is -0.378 e. The van der Waals surface area contributed by atoms with Gasteiger partial charge in [-0.05, 0) is 6.42 Å². The molecule has 0 radical (unpaired) electrons. The molecule has 0 aromatic rings. The van der Waals surface area contributed by atoms with Gasteiger partial charge in [-0.1, -0.05) is 0 Å². The van der Waals surface area contributed by atoms with Crippen molar-refractivity contribution in [1.82, 2.24) is 0 Å². The van der Waals surface area contributed by atoms with Crippen molar-refractivity contribution in [2.75, 3.05) is 33.0 Å². The van der Waals surface area contributed by atoms with Crippen LogP contribution in [0.15, 0.2) is 0 Å². The Morgan fingerprint density at radius 3 is 3.07 bits per heavy atom. The van der Waals surface area contributed by atoms with Crippen molar-refractivity contribution in [3.05, 3.63) is 0 Å². The first-order valence-corrected chi connectivity index (χ1v) is 5.38. The van der Waals surface area contributed by atoms with Gasteiger partial charge >= 0.3 is 0 Å². The summed E-state index contributed by atoms with van der Waals surface area (Å²) in [6.07, 6.45) is 3.28. The zero-order valence-electron chi connectivity index (χ0n) is 8.54. The summed E-state index contributed by atoms with van der Waals surface area (Å²) in [5.41, 5.74) is 5.37. The van der Waals surface area contributed by atoms with Crippen molar-refractivity contribution in [3.8, 4) is 0 Å². The summed E-state index contributed by atoms with van der Waals surface area (Å²) >= 11 is 0. The molecule has 2 aliphatic rings. The zero-order chi connectivity index (χ0) is 9.86. The van der Waals surface area contributed by atoms with Crippen LogP contribution in [-0.4, -0.2) is 44.7 Å². The number of hydrogen-bond acceptors (Lipinski definition) is 4. The Morgan fingerprint density at radius 1 is 1.43 bits per heavy atom. The third-order valence-corrected chi connectivity index (χ3v) is 2.99. The molecule has 2 heterocycles. The van der Waals surface area contributed by atoms with E-state index in [0.717, 1.165) is 39.1 Å². The summed E-state index contributed by atoms with van der Waals surface area (Å²) in [5, 5.41) is 0. The highest BCUT2D eigenvalue weighted by atomic mass is 16.6. The maximum atomic E-state index is 5.80. The molecule has 2 N–H and O–H groups in total. The van der Waals surface area contributed by atoms with E-state index >= 15 is 0 Å². The third-order valence-electron chi connectivity index (χ3n) is 2.99. The maximum absolute atomic E-state index is 5.80. The molecule has 2 saturated heterocycles. The Bertz CT molecular complexity index is 180. The molecule has 2 fully saturated rings. The van der Waals surface area contributed by atoms with E-state index in [9.17, 15) is 0 Å². The summed E-state index contributed by atoms with van der Waals surface area (Å²) in [7, 11) is 0. The molecule has 0 saturated carbocycles. The van der Waals surface area contributed by atoms with E-state index in [1.165, 1.54) is 0 Å². The monoisotopic (exact) mass is 201 g/mol. The van der Waals surface area contributed by atoms with E-state index in [-0.39, 0.29) is 5.60 Å². The highest BCUT2D eigenvalue weighted by molar-refractivity contribution is 4.90. The van der Waals surface area contributed by atoms with Crippen LogP contribution in [-0.2, 0) is 14.2 Å². The van der Waals surface area contributed by atoms with E-state index < -0.39 is 0 Å². The average Bonchev–Trinajstić information content (AvgIpc) is 2.63. The van der Waals surface area contributed by atoms with Crippen molar-refractivity contribution >= 4 is 0 Å². The second-order valence-corrected chi connectivity index (χ2v) is 4.11. The maximum Gasteiger partial charge on any atom is 0.0961 e. The molecule has 2 aliphatic heterocycles. The van der Waals surface area contributed by atoms with Crippen molar-refractivity contribution in [2.24, 2.45) is 5.73 Å². The highest BCUT2D eigenvalue weighted by Gasteiger charge is 2.41. The predicted octanol–water partition coefficient (Wildman–Crippen LogP) is 0.300. The first-order chi connectivity index (χ1) is 6.85. The molecule has 2 rings (SSSR count). The molecule has 14 heavy (non-hydrogen) atoms. The van der Waals surface area contributed by atoms with Crippen molar-refractivity contribution < 1.29 is 14.2 Å². The van der Waals surface area contributed by atoms with Gasteiger partial charge in [0.05, 0.1) is 24.9 Å². The molecule has 0 amide bonds. The van der Waals surface area contributed by atoms with E-state index in [4.69, 9.17) is 19.9 Å². The number of ether oxygens (including phenoxy) is 3. The van der Waals surface area contributed by atoms with Gasteiger partial charge in [0, 0.05) is 32.6 Å².